The topological polar surface area (TPSA) is 101 Å². The Morgan fingerprint density at radius 1 is 1.30 bits per heavy atom. The quantitative estimate of drug-likeness (QED) is 0.804. The van der Waals surface area contributed by atoms with E-state index >= 15 is 0 Å². The first-order chi connectivity index (χ1) is 13.1. The van der Waals surface area contributed by atoms with Gasteiger partial charge in [0.1, 0.15) is 11.8 Å². The molecular formula is C19H21N3O5. The van der Waals surface area contributed by atoms with Crippen molar-refractivity contribution in [2.45, 2.75) is 19.4 Å². The Hall–Kier alpha value is -3.29. The molecule has 0 saturated carbocycles. The molecule has 27 heavy (non-hydrogen) atoms. The van der Waals surface area contributed by atoms with Gasteiger partial charge in [-0.2, -0.15) is 0 Å². The molecule has 3 rings (SSSR count). The number of carbonyl (C=O) groups is 3. The number of ether oxygens (including phenoxy) is 1. The first kappa shape index (κ1) is 18.5. The lowest BCUT2D eigenvalue weighted by Crippen LogP contribution is -2.58. The lowest BCUT2D eigenvalue weighted by Gasteiger charge is -2.34. The molecule has 1 aromatic carbocycles. The van der Waals surface area contributed by atoms with Crippen molar-refractivity contribution in [3.8, 4) is 5.75 Å². The van der Waals surface area contributed by atoms with Crippen LogP contribution in [0.2, 0.25) is 0 Å². The van der Waals surface area contributed by atoms with Gasteiger partial charge < -0.3 is 24.7 Å². The van der Waals surface area contributed by atoms with E-state index in [-0.39, 0.29) is 24.0 Å². The predicted molar refractivity (Wildman–Crippen MR) is 97.4 cm³/mol. The van der Waals surface area contributed by atoms with Gasteiger partial charge in [0.15, 0.2) is 5.76 Å². The van der Waals surface area contributed by atoms with E-state index in [9.17, 15) is 14.4 Å². The van der Waals surface area contributed by atoms with Crippen LogP contribution in [0.4, 0.5) is 5.69 Å². The van der Waals surface area contributed by atoms with Gasteiger partial charge in [-0.05, 0) is 31.2 Å². The molecule has 1 atom stereocenters. The monoisotopic (exact) mass is 371 g/mol. The van der Waals surface area contributed by atoms with Crippen molar-refractivity contribution in [1.82, 2.24) is 10.2 Å². The van der Waals surface area contributed by atoms with Crippen molar-refractivity contribution >= 4 is 23.4 Å². The Bertz CT molecular complexity index is 819. The minimum absolute atomic E-state index is 0.136. The number of anilines is 1. The van der Waals surface area contributed by atoms with Crippen LogP contribution in [-0.4, -0.2) is 48.4 Å². The Morgan fingerprint density at radius 3 is 2.85 bits per heavy atom. The largest absolute Gasteiger partial charge is 0.492 e. The molecule has 1 aliphatic heterocycles. The summed E-state index contributed by atoms with van der Waals surface area (Å²) in [6, 6.07) is 9.27. The van der Waals surface area contributed by atoms with Gasteiger partial charge in [0.2, 0.25) is 11.8 Å². The number of nitrogens with zero attached hydrogens (tertiary/aromatic N) is 1. The fourth-order valence-electron chi connectivity index (χ4n) is 2.93. The number of hydrogen-bond acceptors (Lipinski definition) is 5. The van der Waals surface area contributed by atoms with Crippen molar-refractivity contribution in [3.63, 3.8) is 0 Å². The number of hydrogen-bond donors (Lipinski definition) is 2. The second kappa shape index (κ2) is 8.39. The maximum absolute atomic E-state index is 12.6. The van der Waals surface area contributed by atoms with Crippen LogP contribution in [0.15, 0.2) is 47.1 Å². The summed E-state index contributed by atoms with van der Waals surface area (Å²) in [5.74, 6) is -0.486. The highest BCUT2D eigenvalue weighted by Gasteiger charge is 2.36. The Balaban J connectivity index is 1.72. The van der Waals surface area contributed by atoms with Gasteiger partial charge >= 0.3 is 0 Å². The molecule has 0 unspecified atom stereocenters. The number of piperazine rings is 1. The molecule has 0 radical (unpaired) electrons. The van der Waals surface area contributed by atoms with Gasteiger partial charge in [0.25, 0.3) is 5.91 Å². The maximum Gasteiger partial charge on any atom is 0.290 e. The fourth-order valence-corrected chi connectivity index (χ4v) is 2.93. The third-order valence-corrected chi connectivity index (χ3v) is 4.16. The maximum atomic E-state index is 12.6. The minimum Gasteiger partial charge on any atom is -0.492 e. The van der Waals surface area contributed by atoms with Crippen LogP contribution in [0.25, 0.3) is 0 Å². The summed E-state index contributed by atoms with van der Waals surface area (Å²) in [6.45, 7) is 2.95. The van der Waals surface area contributed by atoms with Gasteiger partial charge in [0, 0.05) is 13.1 Å². The highest BCUT2D eigenvalue weighted by atomic mass is 16.5. The summed E-state index contributed by atoms with van der Waals surface area (Å²) < 4.78 is 10.6. The third kappa shape index (κ3) is 4.28. The molecule has 8 nitrogen and oxygen atoms in total. The summed E-state index contributed by atoms with van der Waals surface area (Å²) in [7, 11) is 0. The molecule has 1 aromatic heterocycles. The van der Waals surface area contributed by atoms with Gasteiger partial charge in [-0.1, -0.05) is 12.1 Å². The van der Waals surface area contributed by atoms with E-state index in [1.807, 2.05) is 6.92 Å². The lowest BCUT2D eigenvalue weighted by atomic mass is 10.1. The van der Waals surface area contributed by atoms with Crippen LogP contribution in [0, 0.1) is 0 Å². The molecule has 0 bridgehead atoms. The van der Waals surface area contributed by atoms with E-state index in [1.54, 1.807) is 30.3 Å². The zero-order chi connectivity index (χ0) is 19.2. The molecule has 0 aliphatic carbocycles. The summed E-state index contributed by atoms with van der Waals surface area (Å²) in [5.41, 5.74) is 0.518. The highest BCUT2D eigenvalue weighted by molar-refractivity contribution is 6.00. The second-order valence-corrected chi connectivity index (χ2v) is 5.96. The van der Waals surface area contributed by atoms with E-state index in [1.165, 1.54) is 17.2 Å². The van der Waals surface area contributed by atoms with E-state index in [4.69, 9.17) is 9.15 Å². The summed E-state index contributed by atoms with van der Waals surface area (Å²) in [6.07, 6.45) is 1.22. The van der Waals surface area contributed by atoms with Crippen LogP contribution in [0.5, 0.6) is 5.75 Å². The molecule has 1 saturated heterocycles. The van der Waals surface area contributed by atoms with Crippen LogP contribution in [-0.2, 0) is 9.59 Å². The normalized spacial score (nSPS) is 16.6. The number of para-hydroxylation sites is 2. The smallest absolute Gasteiger partial charge is 0.290 e. The molecule has 0 spiro atoms. The zero-order valence-corrected chi connectivity index (χ0v) is 14.9. The molecule has 1 fully saturated rings. The van der Waals surface area contributed by atoms with Crippen molar-refractivity contribution in [2.75, 3.05) is 25.0 Å². The Kier molecular flexibility index (Phi) is 5.75. The molecule has 3 amide bonds. The molecule has 1 aliphatic rings. The van der Waals surface area contributed by atoms with Crippen LogP contribution in [0.1, 0.15) is 23.9 Å². The number of furan rings is 1. The van der Waals surface area contributed by atoms with Gasteiger partial charge in [-0.25, -0.2) is 0 Å². The van der Waals surface area contributed by atoms with E-state index < -0.39 is 11.9 Å². The van der Waals surface area contributed by atoms with Crippen LogP contribution in [0.3, 0.4) is 0 Å². The van der Waals surface area contributed by atoms with Gasteiger partial charge in [-0.3, -0.25) is 14.4 Å². The molecule has 2 aromatic rings. The van der Waals surface area contributed by atoms with E-state index in [0.717, 1.165) is 0 Å². The second-order valence-electron chi connectivity index (χ2n) is 5.96. The average molecular weight is 371 g/mol. The highest BCUT2D eigenvalue weighted by Crippen LogP contribution is 2.24. The number of amides is 3. The molecule has 8 heteroatoms. The van der Waals surface area contributed by atoms with Gasteiger partial charge in [0.05, 0.1) is 25.0 Å². The molecular weight excluding hydrogens is 350 g/mol. The first-order valence-electron chi connectivity index (χ1n) is 8.74. The number of nitrogens with one attached hydrogen (secondary N) is 2. The molecule has 142 valence electrons. The zero-order valence-electron chi connectivity index (χ0n) is 14.9. The lowest BCUT2D eigenvalue weighted by molar-refractivity contribution is -0.131. The molecule has 2 heterocycles. The van der Waals surface area contributed by atoms with Crippen molar-refractivity contribution in [2.24, 2.45) is 0 Å². The van der Waals surface area contributed by atoms with Crippen LogP contribution < -0.4 is 15.4 Å². The Labute approximate surface area is 156 Å². The number of rotatable bonds is 6. The van der Waals surface area contributed by atoms with Crippen molar-refractivity contribution < 1.29 is 23.5 Å². The summed E-state index contributed by atoms with van der Waals surface area (Å²) in [5, 5.41) is 5.45. The van der Waals surface area contributed by atoms with Gasteiger partial charge in [-0.15, -0.1) is 0 Å². The summed E-state index contributed by atoms with van der Waals surface area (Å²) in [4.78, 5) is 38.8. The first-order valence-corrected chi connectivity index (χ1v) is 8.74. The predicted octanol–water partition coefficient (Wildman–Crippen LogP) is 1.65. The Morgan fingerprint density at radius 2 is 2.11 bits per heavy atom. The molecule has 2 N–H and O–H groups in total. The number of carbonyl (C=O) groups excluding carboxylic acids is 3. The standard InChI is InChI=1S/C19H21N3O5/c1-2-26-15-7-4-3-6-13(15)21-17(23)12-14-18(24)20-9-10-22(14)19(25)16-8-5-11-27-16/h3-8,11,14H,2,9-10,12H2,1H3,(H,20,24)(H,21,23)/t14-/m1/s1. The van der Waals surface area contributed by atoms with Crippen LogP contribution >= 0.6 is 0 Å². The minimum atomic E-state index is -0.907. The van der Waals surface area contributed by atoms with Crippen molar-refractivity contribution in [1.29, 1.82) is 0 Å². The number of benzene rings is 1. The third-order valence-electron chi connectivity index (χ3n) is 4.16. The van der Waals surface area contributed by atoms with E-state index in [0.29, 0.717) is 31.1 Å². The fraction of sp³-hybridized carbons (Fsp3) is 0.316. The summed E-state index contributed by atoms with van der Waals surface area (Å²) >= 11 is 0. The van der Waals surface area contributed by atoms with E-state index in [2.05, 4.69) is 10.6 Å². The SMILES string of the molecule is CCOc1ccccc1NC(=O)C[C@@H]1C(=O)NCCN1C(=O)c1ccco1. The average Bonchev–Trinajstić information content (AvgIpc) is 3.19. The van der Waals surface area contributed by atoms with Crippen molar-refractivity contribution in [3.05, 3.63) is 48.4 Å².